The van der Waals surface area contributed by atoms with Crippen LogP contribution in [0.15, 0.2) is 40.6 Å². The molecule has 0 saturated carbocycles. The summed E-state index contributed by atoms with van der Waals surface area (Å²) in [5, 5.41) is 3.11. The number of carbonyl (C=O) groups excluding carboxylic acids is 1. The maximum atomic E-state index is 12.9. The average molecular weight is 419 g/mol. The molecule has 28 heavy (non-hydrogen) atoms. The molecule has 150 valence electrons. The molecular formula is C21H26N2O3S2. The standard InChI is InChI=1S/C21H26N2O3S2/c24-21(22-18-11-7-9-16-8-3-4-10-17(16)18)19-12-13-20(27-19)28(25,26)23-14-5-1-2-6-15-23/h3-4,8,10,12-13,18H,1-2,5-7,9,11,14-15H2,(H,22,24). The first-order valence-electron chi connectivity index (χ1n) is 10.0. The molecule has 1 aliphatic heterocycles. The normalized spacial score (nSPS) is 20.9. The minimum Gasteiger partial charge on any atom is -0.345 e. The zero-order chi connectivity index (χ0) is 19.6. The van der Waals surface area contributed by atoms with Crippen LogP contribution in [0.2, 0.25) is 0 Å². The summed E-state index contributed by atoms with van der Waals surface area (Å²) in [4.78, 5) is 13.2. The summed E-state index contributed by atoms with van der Waals surface area (Å²) in [6.07, 6.45) is 6.95. The van der Waals surface area contributed by atoms with Crippen molar-refractivity contribution in [1.29, 1.82) is 0 Å². The third kappa shape index (κ3) is 4.02. The van der Waals surface area contributed by atoms with Crippen LogP contribution in [0.5, 0.6) is 0 Å². The second-order valence-electron chi connectivity index (χ2n) is 7.55. The van der Waals surface area contributed by atoms with Crippen LogP contribution in [0.4, 0.5) is 0 Å². The van der Waals surface area contributed by atoms with E-state index in [9.17, 15) is 13.2 Å². The van der Waals surface area contributed by atoms with E-state index < -0.39 is 10.0 Å². The molecule has 2 aliphatic rings. The first-order chi connectivity index (χ1) is 13.6. The van der Waals surface area contributed by atoms with Gasteiger partial charge >= 0.3 is 0 Å². The molecule has 4 rings (SSSR count). The molecule has 1 aromatic carbocycles. The van der Waals surface area contributed by atoms with E-state index in [4.69, 9.17) is 0 Å². The molecule has 1 saturated heterocycles. The highest BCUT2D eigenvalue weighted by atomic mass is 32.2. The second-order valence-corrected chi connectivity index (χ2v) is 10.8. The van der Waals surface area contributed by atoms with Gasteiger partial charge in [0.25, 0.3) is 15.9 Å². The van der Waals surface area contributed by atoms with Gasteiger partial charge < -0.3 is 5.32 Å². The van der Waals surface area contributed by atoms with Gasteiger partial charge in [0.1, 0.15) is 4.21 Å². The molecule has 5 nitrogen and oxygen atoms in total. The lowest BCUT2D eigenvalue weighted by atomic mass is 9.88. The highest BCUT2D eigenvalue weighted by Crippen LogP contribution is 2.31. The predicted molar refractivity (Wildman–Crippen MR) is 111 cm³/mol. The highest BCUT2D eigenvalue weighted by Gasteiger charge is 2.28. The Bertz CT molecular complexity index is 944. The monoisotopic (exact) mass is 418 g/mol. The SMILES string of the molecule is O=C(NC1CCCc2ccccc21)c1ccc(S(=O)(=O)N2CCCCCC2)s1. The van der Waals surface area contributed by atoms with Crippen LogP contribution < -0.4 is 5.32 Å². The Hall–Kier alpha value is -1.70. The minimum absolute atomic E-state index is 0.00906. The lowest BCUT2D eigenvalue weighted by Crippen LogP contribution is -2.31. The summed E-state index contributed by atoms with van der Waals surface area (Å²) in [6.45, 7) is 1.14. The molecule has 1 N–H and O–H groups in total. The average Bonchev–Trinajstić information content (AvgIpc) is 3.05. The topological polar surface area (TPSA) is 66.5 Å². The maximum Gasteiger partial charge on any atom is 0.261 e. The van der Waals surface area contributed by atoms with Gasteiger partial charge in [-0.25, -0.2) is 8.42 Å². The zero-order valence-corrected chi connectivity index (χ0v) is 17.5. The van der Waals surface area contributed by atoms with Crippen LogP contribution in [0, 0.1) is 0 Å². The Labute approximate surface area is 170 Å². The van der Waals surface area contributed by atoms with Crippen LogP contribution >= 0.6 is 11.3 Å². The van der Waals surface area contributed by atoms with Gasteiger partial charge in [0.2, 0.25) is 0 Å². The fourth-order valence-electron chi connectivity index (χ4n) is 4.12. The van der Waals surface area contributed by atoms with Gasteiger partial charge in [-0.3, -0.25) is 4.79 Å². The number of benzene rings is 1. The summed E-state index contributed by atoms with van der Waals surface area (Å²) in [5.41, 5.74) is 2.46. The Morgan fingerprint density at radius 3 is 2.54 bits per heavy atom. The van der Waals surface area contributed by atoms with Gasteiger partial charge in [0.15, 0.2) is 0 Å². The molecule has 1 amide bonds. The van der Waals surface area contributed by atoms with Crippen LogP contribution in [-0.2, 0) is 16.4 Å². The number of sulfonamides is 1. The van der Waals surface area contributed by atoms with E-state index in [-0.39, 0.29) is 16.2 Å². The maximum absolute atomic E-state index is 12.9. The predicted octanol–water partition coefficient (Wildman–Crippen LogP) is 4.12. The molecule has 2 heterocycles. The van der Waals surface area contributed by atoms with E-state index in [2.05, 4.69) is 17.4 Å². The number of nitrogens with zero attached hydrogens (tertiary/aromatic N) is 1. The number of hydrogen-bond donors (Lipinski definition) is 1. The van der Waals surface area contributed by atoms with Gasteiger partial charge in [0, 0.05) is 13.1 Å². The third-order valence-corrected chi connectivity index (χ3v) is 9.09. The summed E-state index contributed by atoms with van der Waals surface area (Å²) in [6, 6.07) is 11.4. The fourth-order valence-corrected chi connectivity index (χ4v) is 7.00. The highest BCUT2D eigenvalue weighted by molar-refractivity contribution is 7.91. The lowest BCUT2D eigenvalue weighted by Gasteiger charge is -2.26. The van der Waals surface area contributed by atoms with Crippen LogP contribution in [0.25, 0.3) is 0 Å². The third-order valence-electron chi connectivity index (χ3n) is 5.64. The summed E-state index contributed by atoms with van der Waals surface area (Å²) >= 11 is 1.08. The molecule has 7 heteroatoms. The molecule has 1 fully saturated rings. The van der Waals surface area contributed by atoms with Crippen molar-refractivity contribution in [3.8, 4) is 0 Å². The van der Waals surface area contributed by atoms with Gasteiger partial charge in [-0.15, -0.1) is 11.3 Å². The van der Waals surface area contributed by atoms with Crippen LogP contribution in [0.3, 0.4) is 0 Å². The van der Waals surface area contributed by atoms with Crippen molar-refractivity contribution in [3.63, 3.8) is 0 Å². The van der Waals surface area contributed by atoms with Crippen LogP contribution in [0.1, 0.15) is 65.4 Å². The molecule has 0 bridgehead atoms. The Balaban J connectivity index is 1.49. The first-order valence-corrected chi connectivity index (χ1v) is 12.3. The molecule has 1 unspecified atom stereocenters. The minimum atomic E-state index is -3.51. The van der Waals surface area contributed by atoms with Crippen molar-refractivity contribution in [3.05, 3.63) is 52.4 Å². The van der Waals surface area contributed by atoms with E-state index in [0.29, 0.717) is 18.0 Å². The summed E-state index contributed by atoms with van der Waals surface area (Å²) in [7, 11) is -3.51. The Morgan fingerprint density at radius 1 is 1.00 bits per heavy atom. The van der Waals surface area contributed by atoms with Crippen molar-refractivity contribution in [2.24, 2.45) is 0 Å². The molecule has 0 spiro atoms. The summed E-state index contributed by atoms with van der Waals surface area (Å²) in [5.74, 6) is -0.191. The van der Waals surface area contributed by atoms with Crippen molar-refractivity contribution in [1.82, 2.24) is 9.62 Å². The molecule has 2 aromatic rings. The number of carbonyl (C=O) groups is 1. The number of hydrogen-bond acceptors (Lipinski definition) is 4. The number of amides is 1. The molecule has 1 atom stereocenters. The van der Waals surface area contributed by atoms with Gasteiger partial charge in [-0.05, 0) is 55.4 Å². The first kappa shape index (κ1) is 19.6. The number of fused-ring (bicyclic) bond motifs is 1. The fraction of sp³-hybridized carbons (Fsp3) is 0.476. The molecular weight excluding hydrogens is 392 g/mol. The van der Waals surface area contributed by atoms with Gasteiger partial charge in [0.05, 0.1) is 10.9 Å². The van der Waals surface area contributed by atoms with Crippen molar-refractivity contribution in [2.45, 2.75) is 55.2 Å². The largest absolute Gasteiger partial charge is 0.345 e. The van der Waals surface area contributed by atoms with E-state index >= 15 is 0 Å². The second kappa shape index (κ2) is 8.35. The van der Waals surface area contributed by atoms with Crippen molar-refractivity contribution >= 4 is 27.3 Å². The van der Waals surface area contributed by atoms with Crippen molar-refractivity contribution < 1.29 is 13.2 Å². The number of thiophene rings is 1. The molecule has 1 aliphatic carbocycles. The molecule has 0 radical (unpaired) electrons. The van der Waals surface area contributed by atoms with Crippen molar-refractivity contribution in [2.75, 3.05) is 13.1 Å². The van der Waals surface area contributed by atoms with Crippen LogP contribution in [-0.4, -0.2) is 31.7 Å². The Kier molecular flexibility index (Phi) is 5.85. The quantitative estimate of drug-likeness (QED) is 0.812. The molecule has 1 aromatic heterocycles. The van der Waals surface area contributed by atoms with E-state index in [1.165, 1.54) is 11.1 Å². The number of rotatable bonds is 4. The van der Waals surface area contributed by atoms with Gasteiger partial charge in [-0.1, -0.05) is 37.1 Å². The zero-order valence-electron chi connectivity index (χ0n) is 15.9. The summed E-state index contributed by atoms with van der Waals surface area (Å²) < 4.78 is 27.7. The Morgan fingerprint density at radius 2 is 1.75 bits per heavy atom. The lowest BCUT2D eigenvalue weighted by molar-refractivity contribution is 0.0937. The van der Waals surface area contributed by atoms with Gasteiger partial charge in [-0.2, -0.15) is 4.31 Å². The number of aryl methyl sites for hydroxylation is 1. The van der Waals surface area contributed by atoms with E-state index in [1.807, 2.05) is 12.1 Å². The van der Waals surface area contributed by atoms with E-state index in [0.717, 1.165) is 56.3 Å². The number of nitrogens with one attached hydrogen (secondary N) is 1. The smallest absolute Gasteiger partial charge is 0.261 e. The van der Waals surface area contributed by atoms with E-state index in [1.54, 1.807) is 16.4 Å².